The van der Waals surface area contributed by atoms with Gasteiger partial charge >= 0.3 is 5.97 Å². The van der Waals surface area contributed by atoms with E-state index in [1.54, 1.807) is 51.1 Å². The highest BCUT2D eigenvalue weighted by molar-refractivity contribution is 7.89. The summed E-state index contributed by atoms with van der Waals surface area (Å²) in [5.74, 6) is -0.494. The van der Waals surface area contributed by atoms with Crippen LogP contribution in [0.15, 0.2) is 65.7 Å². The normalized spacial score (nSPS) is 12.9. The van der Waals surface area contributed by atoms with Gasteiger partial charge in [-0.15, -0.1) is 0 Å². The molecule has 10 heteroatoms. The second-order valence-electron chi connectivity index (χ2n) is 9.02. The summed E-state index contributed by atoms with van der Waals surface area (Å²) in [6.45, 7) is 4.69. The van der Waals surface area contributed by atoms with Crippen molar-refractivity contribution in [1.82, 2.24) is 4.72 Å². The van der Waals surface area contributed by atoms with E-state index in [-0.39, 0.29) is 23.7 Å². The number of carbonyl (C=O) groups excluding carboxylic acids is 1. The van der Waals surface area contributed by atoms with Gasteiger partial charge in [0.05, 0.1) is 31.1 Å². The molecule has 1 heterocycles. The molecule has 188 valence electrons. The maximum atomic E-state index is 13.0. The van der Waals surface area contributed by atoms with Gasteiger partial charge in [-0.25, -0.2) is 13.1 Å². The first-order chi connectivity index (χ1) is 16.5. The van der Waals surface area contributed by atoms with E-state index in [9.17, 15) is 23.5 Å². The molecule has 0 aliphatic rings. The summed E-state index contributed by atoms with van der Waals surface area (Å²) in [5, 5.41) is 22.4. The van der Waals surface area contributed by atoms with Gasteiger partial charge in [0.2, 0.25) is 15.5 Å². The Hall–Kier alpha value is -3.21. The number of ether oxygens (including phenoxy) is 2. The fourth-order valence-electron chi connectivity index (χ4n) is 3.57. The minimum atomic E-state index is -4.11. The first-order valence-electron chi connectivity index (χ1n) is 11.2. The molecule has 9 nitrogen and oxygen atoms in total. The average molecular weight is 503 g/mol. The van der Waals surface area contributed by atoms with Crippen molar-refractivity contribution in [3.05, 3.63) is 71.6 Å². The Morgan fingerprint density at radius 2 is 1.86 bits per heavy atom. The molecule has 0 aliphatic carbocycles. The van der Waals surface area contributed by atoms with E-state index in [2.05, 4.69) is 4.72 Å². The molecule has 1 aromatic heterocycles. The van der Waals surface area contributed by atoms with E-state index < -0.39 is 34.2 Å². The molecule has 3 rings (SSSR count). The zero-order valence-electron chi connectivity index (χ0n) is 19.9. The van der Waals surface area contributed by atoms with Gasteiger partial charge in [0.25, 0.3) is 0 Å². The van der Waals surface area contributed by atoms with Gasteiger partial charge in [-0.1, -0.05) is 24.3 Å². The molecule has 1 atom stereocenters. The number of nitrogens with one attached hydrogen (secondary N) is 1. The number of fused-ring (bicyclic) bond motifs is 1. The second kappa shape index (κ2) is 11.0. The quantitative estimate of drug-likeness (QED) is 0.248. The molecule has 2 N–H and O–H groups in total. The number of aliphatic hydroxyl groups excluding tert-OH is 1. The van der Waals surface area contributed by atoms with Crippen LogP contribution in [0, 0.1) is 5.21 Å². The number of nitrogens with zero attached hydrogens (tertiary/aromatic N) is 1. The largest absolute Gasteiger partial charge is 0.618 e. The predicted molar refractivity (Wildman–Crippen MR) is 130 cm³/mol. The van der Waals surface area contributed by atoms with Crippen molar-refractivity contribution in [2.45, 2.75) is 50.2 Å². The first kappa shape index (κ1) is 26.4. The molecule has 0 unspecified atom stereocenters. The molecule has 0 spiro atoms. The lowest BCUT2D eigenvalue weighted by Crippen LogP contribution is -2.40. The third-order valence-electron chi connectivity index (χ3n) is 5.04. The molecule has 0 amide bonds. The Morgan fingerprint density at radius 1 is 1.11 bits per heavy atom. The van der Waals surface area contributed by atoms with Gasteiger partial charge in [0, 0.05) is 18.6 Å². The molecule has 2 aromatic carbocycles. The highest BCUT2D eigenvalue weighted by atomic mass is 32.2. The number of benzene rings is 2. The zero-order chi connectivity index (χ0) is 25.6. The van der Waals surface area contributed by atoms with Crippen LogP contribution in [0.2, 0.25) is 0 Å². The maximum absolute atomic E-state index is 13.0. The number of aliphatic hydroxyl groups is 1. The lowest BCUT2D eigenvalue weighted by Gasteiger charge is -2.22. The van der Waals surface area contributed by atoms with E-state index >= 15 is 0 Å². The Morgan fingerprint density at radius 3 is 2.57 bits per heavy atom. The number of hydrogen-bond acceptors (Lipinski definition) is 7. The van der Waals surface area contributed by atoms with Gasteiger partial charge in [-0.2, -0.15) is 4.73 Å². The summed E-state index contributed by atoms with van der Waals surface area (Å²) < 4.78 is 40.3. The van der Waals surface area contributed by atoms with Crippen LogP contribution >= 0.6 is 0 Å². The van der Waals surface area contributed by atoms with Crippen molar-refractivity contribution >= 4 is 26.9 Å². The Balaban J connectivity index is 1.71. The smallest absolute Gasteiger partial charge is 0.308 e. The van der Waals surface area contributed by atoms with Gasteiger partial charge in [0.1, 0.15) is 16.2 Å². The minimum Gasteiger partial charge on any atom is -0.618 e. The molecular weight excluding hydrogens is 472 g/mol. The number of esters is 1. The minimum absolute atomic E-state index is 0.113. The standard InChI is InChI=1S/C25H30N2O7S/c1-25(2,3)34-24(29)16-19(17-28)26-35(31,32)23-12-5-4-11-22(23)33-15-13-18-8-6-10-21-20(18)9-7-14-27(21)30/h4-12,14,19,26,28H,13,15-17H2,1-3H3/t19-/m0/s1. The van der Waals surface area contributed by atoms with Crippen LogP contribution in [-0.4, -0.2) is 44.4 Å². The third kappa shape index (κ3) is 7.14. The molecule has 0 saturated carbocycles. The van der Waals surface area contributed by atoms with Crippen molar-refractivity contribution < 1.29 is 32.5 Å². The Bertz CT molecular complexity index is 1290. The molecule has 0 bridgehead atoms. The van der Waals surface area contributed by atoms with Crippen molar-refractivity contribution in [1.29, 1.82) is 0 Å². The molecule has 0 aliphatic heterocycles. The van der Waals surface area contributed by atoms with E-state index in [4.69, 9.17) is 9.47 Å². The second-order valence-corrected chi connectivity index (χ2v) is 10.7. The lowest BCUT2D eigenvalue weighted by molar-refractivity contribution is -0.577. The number of para-hydroxylation sites is 1. The average Bonchev–Trinajstić information content (AvgIpc) is 2.78. The molecule has 35 heavy (non-hydrogen) atoms. The summed E-state index contributed by atoms with van der Waals surface area (Å²) in [4.78, 5) is 12.0. The highest BCUT2D eigenvalue weighted by Gasteiger charge is 2.26. The van der Waals surface area contributed by atoms with Crippen LogP contribution in [-0.2, 0) is 26.0 Å². The number of aromatic nitrogens is 1. The summed E-state index contributed by atoms with van der Waals surface area (Å²) in [6.07, 6.45) is 1.55. The Kier molecular flexibility index (Phi) is 8.31. The van der Waals surface area contributed by atoms with Crippen LogP contribution in [0.25, 0.3) is 10.9 Å². The summed E-state index contributed by atoms with van der Waals surface area (Å²) in [7, 11) is -4.11. The topological polar surface area (TPSA) is 129 Å². The van der Waals surface area contributed by atoms with Gasteiger partial charge in [-0.05, 0) is 44.5 Å². The van der Waals surface area contributed by atoms with E-state index in [1.165, 1.54) is 18.3 Å². The maximum Gasteiger partial charge on any atom is 0.308 e. The molecule has 0 radical (unpaired) electrons. The predicted octanol–water partition coefficient (Wildman–Crippen LogP) is 2.47. The van der Waals surface area contributed by atoms with Crippen LogP contribution in [0.5, 0.6) is 5.75 Å². The van der Waals surface area contributed by atoms with Gasteiger partial charge in [0.15, 0.2) is 6.20 Å². The highest BCUT2D eigenvalue weighted by Crippen LogP contribution is 2.25. The lowest BCUT2D eigenvalue weighted by atomic mass is 10.1. The van der Waals surface area contributed by atoms with Crippen molar-refractivity contribution in [2.75, 3.05) is 13.2 Å². The van der Waals surface area contributed by atoms with Crippen LogP contribution in [0.1, 0.15) is 32.8 Å². The van der Waals surface area contributed by atoms with Crippen LogP contribution in [0.4, 0.5) is 0 Å². The SMILES string of the molecule is CC(C)(C)OC(=O)C[C@@H](CO)NS(=O)(=O)c1ccccc1OCCc1cccc2c1ccc[n+]2[O-]. The first-order valence-corrected chi connectivity index (χ1v) is 12.6. The van der Waals surface area contributed by atoms with E-state index in [1.807, 2.05) is 12.1 Å². The molecule has 3 aromatic rings. The van der Waals surface area contributed by atoms with Crippen molar-refractivity contribution in [3.8, 4) is 5.75 Å². The molecular formula is C25H30N2O7S. The number of carbonyl (C=O) groups is 1. The summed E-state index contributed by atoms with van der Waals surface area (Å²) >= 11 is 0. The summed E-state index contributed by atoms with van der Waals surface area (Å²) in [5.41, 5.74) is 0.704. The number of hydrogen-bond donors (Lipinski definition) is 2. The monoisotopic (exact) mass is 502 g/mol. The molecule has 0 saturated heterocycles. The van der Waals surface area contributed by atoms with E-state index in [0.29, 0.717) is 11.9 Å². The summed E-state index contributed by atoms with van der Waals surface area (Å²) in [6, 6.07) is 14.0. The van der Waals surface area contributed by atoms with Crippen LogP contribution in [0.3, 0.4) is 0 Å². The number of pyridine rings is 1. The van der Waals surface area contributed by atoms with Crippen molar-refractivity contribution in [2.24, 2.45) is 0 Å². The number of rotatable bonds is 10. The van der Waals surface area contributed by atoms with E-state index in [0.717, 1.165) is 15.7 Å². The van der Waals surface area contributed by atoms with Gasteiger partial charge in [-0.3, -0.25) is 4.79 Å². The van der Waals surface area contributed by atoms with Crippen molar-refractivity contribution in [3.63, 3.8) is 0 Å². The fraction of sp³-hybridized carbons (Fsp3) is 0.360. The third-order valence-corrected chi connectivity index (χ3v) is 6.60. The van der Waals surface area contributed by atoms with Gasteiger partial charge < -0.3 is 19.8 Å². The van der Waals surface area contributed by atoms with Crippen LogP contribution < -0.4 is 14.2 Å². The molecule has 0 fully saturated rings. The number of sulfonamides is 1. The zero-order valence-corrected chi connectivity index (χ0v) is 20.7. The Labute approximate surface area is 204 Å². The fourth-order valence-corrected chi connectivity index (χ4v) is 4.95.